The van der Waals surface area contributed by atoms with E-state index in [1.54, 1.807) is 28.0 Å². The van der Waals surface area contributed by atoms with Gasteiger partial charge in [-0.05, 0) is 47.9 Å². The molecule has 3 heterocycles. The van der Waals surface area contributed by atoms with Crippen molar-refractivity contribution in [3.05, 3.63) is 94.8 Å². The van der Waals surface area contributed by atoms with Crippen LogP contribution in [0.5, 0.6) is 0 Å². The summed E-state index contributed by atoms with van der Waals surface area (Å²) in [6.07, 6.45) is 2.05. The third kappa shape index (κ3) is 4.31. The molecular formula is C25H22N4O2S2. The zero-order valence-electron chi connectivity index (χ0n) is 18.2. The summed E-state index contributed by atoms with van der Waals surface area (Å²) in [6, 6.07) is 21.5. The summed E-state index contributed by atoms with van der Waals surface area (Å²) in [5.41, 5.74) is 3.60. The van der Waals surface area contributed by atoms with Crippen molar-refractivity contribution in [3.8, 4) is 10.7 Å². The fourth-order valence-electron chi connectivity index (χ4n) is 3.90. The number of carbonyl (C=O) groups is 1. The van der Waals surface area contributed by atoms with Crippen LogP contribution in [0.3, 0.4) is 0 Å². The van der Waals surface area contributed by atoms with E-state index in [2.05, 4.69) is 39.7 Å². The third-order valence-electron chi connectivity index (χ3n) is 5.63. The summed E-state index contributed by atoms with van der Waals surface area (Å²) in [4.78, 5) is 21.7. The van der Waals surface area contributed by atoms with Gasteiger partial charge >= 0.3 is 6.03 Å². The van der Waals surface area contributed by atoms with Crippen LogP contribution in [0.15, 0.2) is 87.2 Å². The standard InChI is InChI=1S/C25H22N4O2S2/c1-16-21(24-27-23(28-31-24)20-9-6-14-33-20)22(18-7-4-3-5-8-18)26-25(30)29(16)15-17-10-12-19(32-2)13-11-17/h3-14,22H,15H2,1-2H3,(H,26,30). The molecule has 166 valence electrons. The Morgan fingerprint density at radius 2 is 1.88 bits per heavy atom. The topological polar surface area (TPSA) is 71.3 Å². The Labute approximate surface area is 200 Å². The molecule has 2 aromatic heterocycles. The summed E-state index contributed by atoms with van der Waals surface area (Å²) < 4.78 is 5.72. The van der Waals surface area contributed by atoms with E-state index >= 15 is 0 Å². The molecule has 0 saturated carbocycles. The highest BCUT2D eigenvalue weighted by Gasteiger charge is 2.35. The van der Waals surface area contributed by atoms with E-state index in [0.717, 1.165) is 27.3 Å². The Morgan fingerprint density at radius 1 is 1.09 bits per heavy atom. The van der Waals surface area contributed by atoms with Gasteiger partial charge in [0.1, 0.15) is 0 Å². The summed E-state index contributed by atoms with van der Waals surface area (Å²) in [5, 5.41) is 9.33. The second-order valence-electron chi connectivity index (χ2n) is 7.63. The van der Waals surface area contributed by atoms with Gasteiger partial charge in [-0.25, -0.2) is 4.79 Å². The Hall–Kier alpha value is -3.36. The number of rotatable bonds is 6. The van der Waals surface area contributed by atoms with E-state index in [-0.39, 0.29) is 12.1 Å². The first kappa shape index (κ1) is 21.5. The van der Waals surface area contributed by atoms with Crippen molar-refractivity contribution in [3.63, 3.8) is 0 Å². The minimum Gasteiger partial charge on any atom is -0.334 e. The lowest BCUT2D eigenvalue weighted by molar-refractivity contribution is 0.203. The van der Waals surface area contributed by atoms with E-state index < -0.39 is 0 Å². The molecule has 2 aromatic carbocycles. The quantitative estimate of drug-likeness (QED) is 0.336. The molecule has 0 bridgehead atoms. The maximum absolute atomic E-state index is 13.2. The summed E-state index contributed by atoms with van der Waals surface area (Å²) in [7, 11) is 0. The van der Waals surface area contributed by atoms with Crippen LogP contribution in [0.4, 0.5) is 4.79 Å². The van der Waals surface area contributed by atoms with E-state index in [0.29, 0.717) is 18.3 Å². The van der Waals surface area contributed by atoms with Crippen molar-refractivity contribution in [1.29, 1.82) is 0 Å². The minimum atomic E-state index is -0.384. The van der Waals surface area contributed by atoms with Crippen LogP contribution in [0.1, 0.15) is 30.0 Å². The second kappa shape index (κ2) is 9.25. The lowest BCUT2D eigenvalue weighted by Crippen LogP contribution is -2.45. The third-order valence-corrected chi connectivity index (χ3v) is 7.24. The number of nitrogens with zero attached hydrogens (tertiary/aromatic N) is 3. The molecule has 1 aliphatic heterocycles. The number of thiophene rings is 1. The lowest BCUT2D eigenvalue weighted by atomic mass is 9.94. The molecule has 4 aromatic rings. The highest BCUT2D eigenvalue weighted by atomic mass is 32.2. The fraction of sp³-hybridized carbons (Fsp3) is 0.160. The molecule has 8 heteroatoms. The zero-order chi connectivity index (χ0) is 22.8. The lowest BCUT2D eigenvalue weighted by Gasteiger charge is -2.35. The molecule has 1 aliphatic rings. The SMILES string of the molecule is CSc1ccc(CN2C(=O)NC(c3ccccc3)C(c3nc(-c4cccs4)no3)=C2C)cc1. The van der Waals surface area contributed by atoms with Crippen LogP contribution in [0.2, 0.25) is 0 Å². The van der Waals surface area contributed by atoms with Gasteiger partial charge < -0.3 is 9.84 Å². The van der Waals surface area contributed by atoms with E-state index in [1.807, 2.05) is 61.0 Å². The predicted molar refractivity (Wildman–Crippen MR) is 132 cm³/mol. The molecule has 1 unspecified atom stereocenters. The first-order valence-electron chi connectivity index (χ1n) is 10.5. The molecule has 0 aliphatic carbocycles. The minimum absolute atomic E-state index is 0.156. The Bertz CT molecular complexity index is 1280. The molecule has 2 amide bonds. The monoisotopic (exact) mass is 474 g/mol. The number of amides is 2. The maximum Gasteiger partial charge on any atom is 0.322 e. The molecule has 0 saturated heterocycles. The Kier molecular flexibility index (Phi) is 6.02. The van der Waals surface area contributed by atoms with Gasteiger partial charge in [0.05, 0.1) is 23.0 Å². The van der Waals surface area contributed by atoms with Crippen molar-refractivity contribution in [2.45, 2.75) is 24.4 Å². The van der Waals surface area contributed by atoms with Crippen LogP contribution in [0, 0.1) is 0 Å². The van der Waals surface area contributed by atoms with Crippen LogP contribution in [-0.4, -0.2) is 27.3 Å². The van der Waals surface area contributed by atoms with Crippen molar-refractivity contribution in [2.24, 2.45) is 0 Å². The zero-order valence-corrected chi connectivity index (χ0v) is 19.8. The van der Waals surface area contributed by atoms with Crippen LogP contribution >= 0.6 is 23.1 Å². The van der Waals surface area contributed by atoms with Gasteiger partial charge in [0.25, 0.3) is 5.89 Å². The summed E-state index contributed by atoms with van der Waals surface area (Å²) in [6.45, 7) is 2.39. The number of benzene rings is 2. The number of hydrogen-bond acceptors (Lipinski definition) is 6. The van der Waals surface area contributed by atoms with Gasteiger partial charge in [-0.1, -0.05) is 53.7 Å². The van der Waals surface area contributed by atoms with E-state index in [4.69, 9.17) is 4.52 Å². The van der Waals surface area contributed by atoms with Gasteiger partial charge in [-0.15, -0.1) is 23.1 Å². The molecule has 1 atom stereocenters. The number of urea groups is 1. The molecular weight excluding hydrogens is 452 g/mol. The average molecular weight is 475 g/mol. The number of nitrogens with one attached hydrogen (secondary N) is 1. The normalized spacial score (nSPS) is 16.2. The van der Waals surface area contributed by atoms with Crippen LogP contribution < -0.4 is 5.32 Å². The Balaban J connectivity index is 1.56. The highest BCUT2D eigenvalue weighted by molar-refractivity contribution is 7.98. The number of hydrogen-bond donors (Lipinski definition) is 1. The molecule has 0 spiro atoms. The van der Waals surface area contributed by atoms with Crippen LogP contribution in [-0.2, 0) is 6.54 Å². The second-order valence-corrected chi connectivity index (χ2v) is 9.45. The van der Waals surface area contributed by atoms with E-state index in [1.165, 1.54) is 4.90 Å². The van der Waals surface area contributed by atoms with Crippen molar-refractivity contribution < 1.29 is 9.32 Å². The summed E-state index contributed by atoms with van der Waals surface area (Å²) >= 11 is 3.25. The van der Waals surface area contributed by atoms with Crippen molar-refractivity contribution >= 4 is 34.7 Å². The van der Waals surface area contributed by atoms with Crippen molar-refractivity contribution in [1.82, 2.24) is 20.4 Å². The average Bonchev–Trinajstić information content (AvgIpc) is 3.55. The summed E-state index contributed by atoms with van der Waals surface area (Å²) in [5.74, 6) is 0.954. The first-order valence-corrected chi connectivity index (χ1v) is 12.6. The molecule has 1 N–H and O–H groups in total. The van der Waals surface area contributed by atoms with Gasteiger partial charge in [-0.2, -0.15) is 4.98 Å². The maximum atomic E-state index is 13.2. The number of carbonyl (C=O) groups excluding carboxylic acids is 1. The van der Waals surface area contributed by atoms with Gasteiger partial charge in [-0.3, -0.25) is 4.90 Å². The largest absolute Gasteiger partial charge is 0.334 e. The number of aromatic nitrogens is 2. The number of thioether (sulfide) groups is 1. The number of allylic oxidation sites excluding steroid dienone is 1. The molecule has 33 heavy (non-hydrogen) atoms. The Morgan fingerprint density at radius 3 is 2.58 bits per heavy atom. The predicted octanol–water partition coefficient (Wildman–Crippen LogP) is 6.22. The van der Waals surface area contributed by atoms with Gasteiger partial charge in [0, 0.05) is 10.6 Å². The molecule has 5 rings (SSSR count). The smallest absolute Gasteiger partial charge is 0.322 e. The highest BCUT2D eigenvalue weighted by Crippen LogP contribution is 2.38. The molecule has 0 radical (unpaired) electrons. The first-order chi connectivity index (χ1) is 16.1. The van der Waals surface area contributed by atoms with Crippen LogP contribution in [0.25, 0.3) is 16.3 Å². The van der Waals surface area contributed by atoms with Crippen molar-refractivity contribution in [2.75, 3.05) is 6.26 Å². The van der Waals surface area contributed by atoms with Gasteiger partial charge in [0.2, 0.25) is 5.82 Å². The van der Waals surface area contributed by atoms with Gasteiger partial charge in [0.15, 0.2) is 0 Å². The van der Waals surface area contributed by atoms with E-state index in [9.17, 15) is 4.79 Å². The molecule has 6 nitrogen and oxygen atoms in total. The fourth-order valence-corrected chi connectivity index (χ4v) is 4.95. The molecule has 0 fully saturated rings.